The summed E-state index contributed by atoms with van der Waals surface area (Å²) in [5.41, 5.74) is 1.11. The standard InChI is InChI=1S/C17H18BrNO/c18-12-16-6-3-9-19(16)17(20)11-13-7-8-14-4-1-2-5-15(14)10-13/h1-2,4-5,7-8,10,16H,3,6,9,11-12H2. The molecule has 1 atom stereocenters. The van der Waals surface area contributed by atoms with Gasteiger partial charge in [0.1, 0.15) is 0 Å². The van der Waals surface area contributed by atoms with Crippen LogP contribution in [0.25, 0.3) is 10.8 Å². The second kappa shape index (κ2) is 5.96. The van der Waals surface area contributed by atoms with Crippen LogP contribution >= 0.6 is 15.9 Å². The number of halogens is 1. The molecule has 1 unspecified atom stereocenters. The van der Waals surface area contributed by atoms with Crippen molar-refractivity contribution in [2.45, 2.75) is 25.3 Å². The summed E-state index contributed by atoms with van der Waals surface area (Å²) in [5, 5.41) is 3.32. The second-order valence-corrected chi connectivity index (χ2v) is 6.04. The summed E-state index contributed by atoms with van der Waals surface area (Å²) < 4.78 is 0. The molecule has 1 heterocycles. The molecule has 2 nitrogen and oxygen atoms in total. The van der Waals surface area contributed by atoms with Crippen LogP contribution in [0.3, 0.4) is 0 Å². The molecule has 104 valence electrons. The summed E-state index contributed by atoms with van der Waals surface area (Å²) in [4.78, 5) is 14.5. The molecule has 2 aromatic rings. The maximum Gasteiger partial charge on any atom is 0.227 e. The first-order chi connectivity index (χ1) is 9.78. The van der Waals surface area contributed by atoms with E-state index in [4.69, 9.17) is 0 Å². The average Bonchev–Trinajstić information content (AvgIpc) is 2.95. The lowest BCUT2D eigenvalue weighted by Gasteiger charge is -2.23. The number of carbonyl (C=O) groups excluding carboxylic acids is 1. The van der Waals surface area contributed by atoms with Gasteiger partial charge in [0.25, 0.3) is 0 Å². The molecular weight excluding hydrogens is 314 g/mol. The molecule has 1 fully saturated rings. The van der Waals surface area contributed by atoms with Gasteiger partial charge in [-0.3, -0.25) is 4.79 Å². The Kier molecular flexibility index (Phi) is 4.06. The molecule has 0 radical (unpaired) electrons. The van der Waals surface area contributed by atoms with Gasteiger partial charge in [0.2, 0.25) is 5.91 Å². The van der Waals surface area contributed by atoms with E-state index in [0.29, 0.717) is 12.5 Å². The number of carbonyl (C=O) groups is 1. The summed E-state index contributed by atoms with van der Waals surface area (Å²) in [6.07, 6.45) is 2.75. The third-order valence-corrected chi connectivity index (χ3v) is 4.79. The Balaban J connectivity index is 1.77. The van der Waals surface area contributed by atoms with Crippen molar-refractivity contribution < 1.29 is 4.79 Å². The van der Waals surface area contributed by atoms with Crippen LogP contribution in [-0.2, 0) is 11.2 Å². The highest BCUT2D eigenvalue weighted by Gasteiger charge is 2.27. The van der Waals surface area contributed by atoms with Crippen LogP contribution in [0.5, 0.6) is 0 Å². The number of hydrogen-bond donors (Lipinski definition) is 0. The molecule has 20 heavy (non-hydrogen) atoms. The number of likely N-dealkylation sites (tertiary alicyclic amines) is 1. The minimum atomic E-state index is 0.252. The lowest BCUT2D eigenvalue weighted by atomic mass is 10.0. The first kappa shape index (κ1) is 13.6. The number of nitrogens with zero attached hydrogens (tertiary/aromatic N) is 1. The van der Waals surface area contributed by atoms with Gasteiger partial charge < -0.3 is 4.90 Å². The van der Waals surface area contributed by atoms with Crippen LogP contribution < -0.4 is 0 Å². The third-order valence-electron chi connectivity index (χ3n) is 4.04. The number of benzene rings is 2. The lowest BCUT2D eigenvalue weighted by Crippen LogP contribution is -2.37. The van der Waals surface area contributed by atoms with Crippen molar-refractivity contribution >= 4 is 32.6 Å². The molecule has 0 bridgehead atoms. The summed E-state index contributed by atoms with van der Waals surface area (Å²) in [7, 11) is 0. The zero-order valence-electron chi connectivity index (χ0n) is 11.4. The summed E-state index contributed by atoms with van der Waals surface area (Å²) >= 11 is 3.51. The topological polar surface area (TPSA) is 20.3 Å². The van der Waals surface area contributed by atoms with Crippen LogP contribution in [0, 0.1) is 0 Å². The van der Waals surface area contributed by atoms with Crippen LogP contribution in [0.2, 0.25) is 0 Å². The molecule has 1 saturated heterocycles. The van der Waals surface area contributed by atoms with Crippen LogP contribution in [0.4, 0.5) is 0 Å². The molecule has 0 aliphatic carbocycles. The van der Waals surface area contributed by atoms with Crippen LogP contribution in [0.15, 0.2) is 42.5 Å². The predicted octanol–water partition coefficient (Wildman–Crippen LogP) is 3.77. The predicted molar refractivity (Wildman–Crippen MR) is 86.2 cm³/mol. The van der Waals surface area contributed by atoms with E-state index in [1.165, 1.54) is 10.8 Å². The Morgan fingerprint density at radius 3 is 2.80 bits per heavy atom. The van der Waals surface area contributed by atoms with Crippen molar-refractivity contribution in [3.63, 3.8) is 0 Å². The smallest absolute Gasteiger partial charge is 0.227 e. The van der Waals surface area contributed by atoms with Gasteiger partial charge in [0.05, 0.1) is 6.42 Å². The van der Waals surface area contributed by atoms with Gasteiger partial charge in [0.15, 0.2) is 0 Å². The number of hydrogen-bond acceptors (Lipinski definition) is 1. The lowest BCUT2D eigenvalue weighted by molar-refractivity contribution is -0.130. The molecule has 3 heteroatoms. The van der Waals surface area contributed by atoms with Crippen molar-refractivity contribution in [3.8, 4) is 0 Å². The van der Waals surface area contributed by atoms with Crippen molar-refractivity contribution in [3.05, 3.63) is 48.0 Å². The molecule has 0 N–H and O–H groups in total. The molecule has 0 saturated carbocycles. The normalized spacial score (nSPS) is 18.6. The Morgan fingerprint density at radius 2 is 2.00 bits per heavy atom. The second-order valence-electron chi connectivity index (χ2n) is 5.40. The van der Waals surface area contributed by atoms with Gasteiger partial charge in [-0.05, 0) is 29.2 Å². The fourth-order valence-corrected chi connectivity index (χ4v) is 3.62. The highest BCUT2D eigenvalue weighted by atomic mass is 79.9. The molecule has 0 spiro atoms. The number of amides is 1. The first-order valence-electron chi connectivity index (χ1n) is 7.11. The van der Waals surface area contributed by atoms with Crippen molar-refractivity contribution in [1.29, 1.82) is 0 Å². The zero-order chi connectivity index (χ0) is 13.9. The molecule has 3 rings (SSSR count). The largest absolute Gasteiger partial charge is 0.339 e. The molecule has 1 aliphatic rings. The van der Waals surface area contributed by atoms with Crippen LogP contribution in [-0.4, -0.2) is 28.7 Å². The van der Waals surface area contributed by atoms with Crippen molar-refractivity contribution in [2.75, 3.05) is 11.9 Å². The molecule has 1 aliphatic heterocycles. The number of fused-ring (bicyclic) bond motifs is 1. The molecule has 1 amide bonds. The highest BCUT2D eigenvalue weighted by molar-refractivity contribution is 9.09. The zero-order valence-corrected chi connectivity index (χ0v) is 13.0. The van der Waals surface area contributed by atoms with E-state index in [1.807, 2.05) is 17.0 Å². The maximum atomic E-state index is 12.4. The maximum absolute atomic E-state index is 12.4. The Morgan fingerprint density at radius 1 is 1.20 bits per heavy atom. The van der Waals surface area contributed by atoms with Gasteiger partial charge in [0, 0.05) is 17.9 Å². The van der Waals surface area contributed by atoms with Gasteiger partial charge in [-0.15, -0.1) is 0 Å². The number of rotatable bonds is 3. The van der Waals surface area contributed by atoms with E-state index in [-0.39, 0.29) is 5.91 Å². The van der Waals surface area contributed by atoms with Crippen LogP contribution in [0.1, 0.15) is 18.4 Å². The van der Waals surface area contributed by atoms with Gasteiger partial charge in [-0.25, -0.2) is 0 Å². The van der Waals surface area contributed by atoms with E-state index in [0.717, 1.165) is 30.3 Å². The van der Waals surface area contributed by atoms with Crippen molar-refractivity contribution in [2.24, 2.45) is 0 Å². The summed E-state index contributed by atoms with van der Waals surface area (Å²) in [5.74, 6) is 0.252. The Hall–Kier alpha value is -1.35. The molecule has 0 aromatic heterocycles. The Bertz CT molecular complexity index is 625. The van der Waals surface area contributed by atoms with E-state index in [1.54, 1.807) is 0 Å². The fourth-order valence-electron chi connectivity index (χ4n) is 2.95. The minimum Gasteiger partial charge on any atom is -0.339 e. The molecule has 2 aromatic carbocycles. The fraction of sp³-hybridized carbons (Fsp3) is 0.353. The Labute approximate surface area is 127 Å². The SMILES string of the molecule is O=C(Cc1ccc2ccccc2c1)N1CCCC1CBr. The van der Waals surface area contributed by atoms with Gasteiger partial charge in [-0.2, -0.15) is 0 Å². The summed E-state index contributed by atoms with van der Waals surface area (Å²) in [6.45, 7) is 0.905. The minimum absolute atomic E-state index is 0.252. The van der Waals surface area contributed by atoms with E-state index in [2.05, 4.69) is 46.3 Å². The van der Waals surface area contributed by atoms with Gasteiger partial charge >= 0.3 is 0 Å². The van der Waals surface area contributed by atoms with E-state index >= 15 is 0 Å². The van der Waals surface area contributed by atoms with E-state index < -0.39 is 0 Å². The van der Waals surface area contributed by atoms with E-state index in [9.17, 15) is 4.79 Å². The summed E-state index contributed by atoms with van der Waals surface area (Å²) in [6, 6.07) is 15.0. The monoisotopic (exact) mass is 331 g/mol. The highest BCUT2D eigenvalue weighted by Crippen LogP contribution is 2.21. The average molecular weight is 332 g/mol. The number of alkyl halides is 1. The van der Waals surface area contributed by atoms with Gasteiger partial charge in [-0.1, -0.05) is 58.4 Å². The molecular formula is C17H18BrNO. The third kappa shape index (κ3) is 2.73. The first-order valence-corrected chi connectivity index (χ1v) is 8.23. The quantitative estimate of drug-likeness (QED) is 0.784. The van der Waals surface area contributed by atoms with Crippen molar-refractivity contribution in [1.82, 2.24) is 4.90 Å².